The highest BCUT2D eigenvalue weighted by molar-refractivity contribution is 9.10. The van der Waals surface area contributed by atoms with E-state index in [2.05, 4.69) is 15.9 Å². The summed E-state index contributed by atoms with van der Waals surface area (Å²) in [6, 6.07) is 0. The quantitative estimate of drug-likeness (QED) is 0.147. The number of hydrogen-bond acceptors (Lipinski definition) is 12. The van der Waals surface area contributed by atoms with Gasteiger partial charge in [0, 0.05) is 34.3 Å². The summed E-state index contributed by atoms with van der Waals surface area (Å²) in [7, 11) is 0. The van der Waals surface area contributed by atoms with Crippen molar-refractivity contribution < 1.29 is 57.1 Å². The third-order valence-electron chi connectivity index (χ3n) is 4.33. The van der Waals surface area contributed by atoms with E-state index in [1.807, 2.05) is 6.92 Å². The summed E-state index contributed by atoms with van der Waals surface area (Å²) in [5.74, 6) is -3.25. The van der Waals surface area contributed by atoms with Gasteiger partial charge in [0.25, 0.3) is 0 Å². The number of halogens is 1. The minimum absolute atomic E-state index is 0.228. The monoisotopic (exact) mass is 554 g/mol. The van der Waals surface area contributed by atoms with Crippen LogP contribution < -0.4 is 0 Å². The molecule has 1 aliphatic rings. The minimum Gasteiger partial charge on any atom is -0.463 e. The van der Waals surface area contributed by atoms with Gasteiger partial charge in [0.1, 0.15) is 23.3 Å². The van der Waals surface area contributed by atoms with Crippen molar-refractivity contribution in [3.63, 3.8) is 0 Å². The van der Waals surface area contributed by atoms with Crippen LogP contribution in [-0.2, 0) is 57.1 Å². The fourth-order valence-corrected chi connectivity index (χ4v) is 3.33. The molecule has 7 atom stereocenters. The van der Waals surface area contributed by atoms with Crippen molar-refractivity contribution in [2.24, 2.45) is 0 Å². The maximum absolute atomic E-state index is 12.0. The molecule has 34 heavy (non-hydrogen) atoms. The lowest BCUT2D eigenvalue weighted by atomic mass is 9.98. The molecule has 0 aromatic carbocycles. The zero-order chi connectivity index (χ0) is 26.0. The van der Waals surface area contributed by atoms with Crippen LogP contribution in [-0.4, -0.2) is 84.7 Å². The van der Waals surface area contributed by atoms with Crippen molar-refractivity contribution in [2.75, 3.05) is 13.2 Å². The van der Waals surface area contributed by atoms with Crippen LogP contribution in [0.25, 0.3) is 0 Å². The molecule has 0 aromatic rings. The van der Waals surface area contributed by atoms with Gasteiger partial charge in [0.05, 0.1) is 0 Å². The molecule has 194 valence electrons. The van der Waals surface area contributed by atoms with E-state index in [4.69, 9.17) is 33.2 Å². The van der Waals surface area contributed by atoms with Crippen molar-refractivity contribution in [3.05, 3.63) is 0 Å². The molecule has 0 unspecified atom stereocenters. The van der Waals surface area contributed by atoms with Gasteiger partial charge in [0.15, 0.2) is 24.6 Å². The fourth-order valence-electron chi connectivity index (χ4n) is 3.05. The molecule has 0 amide bonds. The second kappa shape index (κ2) is 14.3. The van der Waals surface area contributed by atoms with Gasteiger partial charge >= 0.3 is 23.9 Å². The van der Waals surface area contributed by atoms with Crippen LogP contribution in [0.3, 0.4) is 0 Å². The van der Waals surface area contributed by atoms with Crippen molar-refractivity contribution in [3.8, 4) is 0 Å². The third kappa shape index (κ3) is 9.65. The van der Waals surface area contributed by atoms with Gasteiger partial charge in [-0.15, -0.1) is 0 Å². The van der Waals surface area contributed by atoms with Gasteiger partial charge in [-0.1, -0.05) is 22.9 Å². The normalized spacial score (nSPS) is 26.0. The number of hydrogen-bond donors (Lipinski definition) is 0. The minimum atomic E-state index is -1.46. The molecule has 0 aromatic heterocycles. The summed E-state index contributed by atoms with van der Waals surface area (Å²) in [4.78, 5) is 57.9. The highest BCUT2D eigenvalue weighted by Crippen LogP contribution is 2.31. The Morgan fingerprint density at radius 2 is 1.35 bits per heavy atom. The number of carbonyl (C=O) groups is 5. The Labute approximate surface area is 206 Å². The number of esters is 4. The zero-order valence-electron chi connectivity index (χ0n) is 19.9. The van der Waals surface area contributed by atoms with Gasteiger partial charge in [-0.2, -0.15) is 0 Å². The van der Waals surface area contributed by atoms with Crippen molar-refractivity contribution >= 4 is 45.6 Å². The van der Waals surface area contributed by atoms with Crippen LogP contribution in [0.4, 0.5) is 0 Å². The maximum Gasteiger partial charge on any atom is 0.303 e. The first-order valence-electron chi connectivity index (χ1n) is 10.6. The smallest absolute Gasteiger partial charge is 0.303 e. The van der Waals surface area contributed by atoms with E-state index < -0.39 is 72.3 Å². The predicted molar refractivity (Wildman–Crippen MR) is 116 cm³/mol. The van der Waals surface area contributed by atoms with E-state index in [1.54, 1.807) is 0 Å². The Bertz CT molecular complexity index is 741. The van der Waals surface area contributed by atoms with Gasteiger partial charge in [-0.25, -0.2) is 0 Å². The SMILES string of the molecule is CCCO[C@@H](O[C@@H]1O[C@H](COC(C)=O)[C@@H](OC(C)=O)[C@H](OC(C)=O)[C@H]1OC(C)=O)[C@@H](Br)C(C)=O. The lowest BCUT2D eigenvalue weighted by Crippen LogP contribution is -2.63. The Morgan fingerprint density at radius 1 is 0.824 bits per heavy atom. The Kier molecular flexibility index (Phi) is 12.6. The maximum atomic E-state index is 12.0. The summed E-state index contributed by atoms with van der Waals surface area (Å²) >= 11 is 3.21. The Morgan fingerprint density at radius 3 is 1.82 bits per heavy atom. The molecule has 1 saturated heterocycles. The summed E-state index contributed by atoms with van der Waals surface area (Å²) in [5, 5.41) is 0. The van der Waals surface area contributed by atoms with Crippen LogP contribution in [0.2, 0.25) is 0 Å². The highest BCUT2D eigenvalue weighted by Gasteiger charge is 2.53. The lowest BCUT2D eigenvalue weighted by molar-refractivity contribution is -0.338. The van der Waals surface area contributed by atoms with Crippen molar-refractivity contribution in [1.29, 1.82) is 0 Å². The Balaban J connectivity index is 3.43. The molecule has 1 fully saturated rings. The molecule has 1 heterocycles. The number of ketones is 1. The first kappa shape index (κ1) is 29.9. The number of alkyl halides is 1. The van der Waals surface area contributed by atoms with Gasteiger partial charge in [0.2, 0.25) is 6.29 Å². The van der Waals surface area contributed by atoms with Crippen LogP contribution in [0, 0.1) is 0 Å². The van der Waals surface area contributed by atoms with Crippen LogP contribution >= 0.6 is 15.9 Å². The number of carbonyl (C=O) groups excluding carboxylic acids is 5. The Hall–Kier alpha value is -2.09. The summed E-state index contributed by atoms with van der Waals surface area (Å²) < 4.78 is 38.3. The van der Waals surface area contributed by atoms with E-state index in [1.165, 1.54) is 13.8 Å². The number of rotatable bonds is 12. The van der Waals surface area contributed by atoms with E-state index in [0.29, 0.717) is 6.42 Å². The van der Waals surface area contributed by atoms with Crippen LogP contribution in [0.1, 0.15) is 48.0 Å². The van der Waals surface area contributed by atoms with Crippen LogP contribution in [0.15, 0.2) is 0 Å². The average molecular weight is 555 g/mol. The molecule has 13 heteroatoms. The van der Waals surface area contributed by atoms with E-state index in [0.717, 1.165) is 20.8 Å². The predicted octanol–water partition coefficient (Wildman–Crippen LogP) is 1.19. The highest BCUT2D eigenvalue weighted by atomic mass is 79.9. The van der Waals surface area contributed by atoms with E-state index in [-0.39, 0.29) is 12.4 Å². The molecule has 0 N–H and O–H groups in total. The summed E-state index contributed by atoms with van der Waals surface area (Å²) in [5.41, 5.74) is 0. The molecule has 0 radical (unpaired) electrons. The van der Waals surface area contributed by atoms with Crippen LogP contribution in [0.5, 0.6) is 0 Å². The number of Topliss-reactive ketones (excluding diaryl/α,β-unsaturated/α-hetero) is 1. The molecule has 0 spiro atoms. The van der Waals surface area contributed by atoms with Gasteiger partial charge in [-0.05, 0) is 13.3 Å². The first-order chi connectivity index (χ1) is 15.9. The largest absolute Gasteiger partial charge is 0.463 e. The van der Waals surface area contributed by atoms with E-state index >= 15 is 0 Å². The lowest BCUT2D eigenvalue weighted by Gasteiger charge is -2.44. The van der Waals surface area contributed by atoms with E-state index in [9.17, 15) is 24.0 Å². The molecule has 0 bridgehead atoms. The van der Waals surface area contributed by atoms with Gasteiger partial charge < -0.3 is 33.2 Å². The second-order valence-corrected chi connectivity index (χ2v) is 8.44. The number of ether oxygens (including phenoxy) is 7. The standard InChI is InChI=1S/C21H31BrO12/c1-7-8-28-20(16(22)10(2)23)34-21-19(32-14(6)27)18(31-13(5)26)17(30-12(4)25)15(33-21)9-29-11(3)24/h15-21H,7-9H2,1-6H3/t15-,16+,17-,18+,19-,20+,21+/m1/s1. The van der Waals surface area contributed by atoms with Crippen molar-refractivity contribution in [1.82, 2.24) is 0 Å². The molecule has 12 nitrogen and oxygen atoms in total. The molecular weight excluding hydrogens is 524 g/mol. The molecule has 0 saturated carbocycles. The topological polar surface area (TPSA) is 150 Å². The third-order valence-corrected chi connectivity index (χ3v) is 5.41. The second-order valence-electron chi connectivity index (χ2n) is 7.46. The molecule has 0 aliphatic carbocycles. The molecule has 1 rings (SSSR count). The molecule has 1 aliphatic heterocycles. The fraction of sp³-hybridized carbons (Fsp3) is 0.762. The summed E-state index contributed by atoms with van der Waals surface area (Å²) in [6.45, 7) is 7.50. The average Bonchev–Trinajstić information content (AvgIpc) is 2.71. The summed E-state index contributed by atoms with van der Waals surface area (Å²) in [6.07, 6.45) is -7.32. The zero-order valence-corrected chi connectivity index (χ0v) is 21.5. The van der Waals surface area contributed by atoms with Gasteiger partial charge in [-0.3, -0.25) is 24.0 Å². The van der Waals surface area contributed by atoms with Crippen molar-refractivity contribution in [2.45, 2.75) is 89.8 Å². The first-order valence-corrected chi connectivity index (χ1v) is 11.5. The molecular formula is C21H31BrO12.